The average molecular weight is 514 g/mol. The predicted molar refractivity (Wildman–Crippen MR) is 148 cm³/mol. The first-order chi connectivity index (χ1) is 18.0. The van der Waals surface area contributed by atoms with Crippen molar-refractivity contribution in [1.82, 2.24) is 29.8 Å². The number of nitrogens with one attached hydrogen (secondary N) is 2. The monoisotopic (exact) mass is 513 g/mol. The maximum Gasteiger partial charge on any atom is 0.237 e. The normalized spacial score (nSPS) is 12.3. The molecule has 3 heterocycles. The molecular weight excluding hydrogens is 482 g/mol. The van der Waals surface area contributed by atoms with E-state index < -0.39 is 0 Å². The fourth-order valence-electron chi connectivity index (χ4n) is 4.43. The minimum Gasteiger partial charge on any atom is -0.325 e. The van der Waals surface area contributed by atoms with Crippen LogP contribution in [-0.2, 0) is 24.1 Å². The largest absolute Gasteiger partial charge is 0.325 e. The number of carbonyl (C=O) groups is 1. The molecule has 1 amide bonds. The van der Waals surface area contributed by atoms with E-state index in [4.69, 9.17) is 15.1 Å². The summed E-state index contributed by atoms with van der Waals surface area (Å²) >= 11 is 1.42. The zero-order valence-electron chi connectivity index (χ0n) is 21.6. The lowest BCUT2D eigenvalue weighted by atomic mass is 10.1. The quantitative estimate of drug-likeness (QED) is 0.200. The second kappa shape index (κ2) is 10.7. The number of aromatic amines is 1. The third kappa shape index (κ3) is 5.22. The van der Waals surface area contributed by atoms with Crippen LogP contribution in [0.3, 0.4) is 0 Å². The number of aromatic nitrogens is 6. The minimum absolute atomic E-state index is 0.0499. The molecule has 0 unspecified atom stereocenters. The second-order valence-electron chi connectivity index (χ2n) is 9.14. The predicted octanol–water partition coefficient (Wildman–Crippen LogP) is 5.47. The highest BCUT2D eigenvalue weighted by Gasteiger charge is 2.23. The average Bonchev–Trinajstić information content (AvgIpc) is 3.49. The Kier molecular flexibility index (Phi) is 7.23. The maximum atomic E-state index is 13.2. The smallest absolute Gasteiger partial charge is 0.237 e. The molecule has 0 bridgehead atoms. The van der Waals surface area contributed by atoms with Crippen LogP contribution in [0.5, 0.6) is 0 Å². The molecule has 3 aromatic heterocycles. The zero-order chi connectivity index (χ0) is 25.9. The number of aryl methyl sites for hydroxylation is 4. The Morgan fingerprint density at radius 2 is 1.84 bits per heavy atom. The summed E-state index contributed by atoms with van der Waals surface area (Å²) in [6.45, 7) is 8.17. The van der Waals surface area contributed by atoms with E-state index in [0.29, 0.717) is 18.0 Å². The van der Waals surface area contributed by atoms with E-state index in [9.17, 15) is 4.79 Å². The number of nitrogens with zero attached hydrogens (tertiary/aromatic N) is 5. The Morgan fingerprint density at radius 3 is 2.54 bits per heavy atom. The number of hydrogen-bond donors (Lipinski definition) is 2. The van der Waals surface area contributed by atoms with E-state index in [1.165, 1.54) is 22.9 Å². The number of carbonyl (C=O) groups excluding carboxylic acids is 1. The van der Waals surface area contributed by atoms with Crippen LogP contribution in [0.15, 0.2) is 53.7 Å². The van der Waals surface area contributed by atoms with Crippen LogP contribution in [-0.4, -0.2) is 40.9 Å². The Balaban J connectivity index is 1.43. The molecule has 0 saturated carbocycles. The van der Waals surface area contributed by atoms with E-state index in [2.05, 4.69) is 22.4 Å². The highest BCUT2D eigenvalue weighted by atomic mass is 32.2. The second-order valence-corrected chi connectivity index (χ2v) is 10.3. The van der Waals surface area contributed by atoms with Crippen LogP contribution in [0.1, 0.15) is 48.6 Å². The number of benzene rings is 2. The standard InChI is InChI=1S/C28H31N7OS/c1-5-19-11-13-20(14-12-19)29-27(36)24(6-2)37-28-30-23-10-8-7-9-22(23)26-31-25(34-35(26)28)16-15-21-17(3)32-33-18(21)4/h7-14,24H,5-6,15-16H2,1-4H3,(H,29,36)(H,32,33)/t24-/m0/s1. The summed E-state index contributed by atoms with van der Waals surface area (Å²) in [5.41, 5.74) is 6.91. The lowest BCUT2D eigenvalue weighted by Gasteiger charge is -2.15. The number of hydrogen-bond acceptors (Lipinski definition) is 6. The fourth-order valence-corrected chi connectivity index (χ4v) is 5.40. The Labute approximate surface area is 220 Å². The van der Waals surface area contributed by atoms with E-state index in [1.807, 2.05) is 69.3 Å². The molecule has 1 atom stereocenters. The highest BCUT2D eigenvalue weighted by molar-refractivity contribution is 8.00. The first-order valence-electron chi connectivity index (χ1n) is 12.7. The fraction of sp³-hybridized carbons (Fsp3) is 0.321. The molecule has 2 N–H and O–H groups in total. The Morgan fingerprint density at radius 1 is 1.05 bits per heavy atom. The van der Waals surface area contributed by atoms with Crippen LogP contribution in [0.2, 0.25) is 0 Å². The van der Waals surface area contributed by atoms with Gasteiger partial charge in [0.25, 0.3) is 0 Å². The van der Waals surface area contributed by atoms with Crippen molar-refractivity contribution in [2.45, 2.75) is 63.8 Å². The molecule has 0 aliphatic rings. The SMILES string of the molecule is CCc1ccc(NC(=O)[C@H](CC)Sc2nc3ccccc3c3nc(CCc4c(C)n[nH]c4C)nn23)cc1. The van der Waals surface area contributed by atoms with E-state index >= 15 is 0 Å². The van der Waals surface area contributed by atoms with E-state index in [1.54, 1.807) is 4.52 Å². The molecule has 2 aromatic carbocycles. The van der Waals surface area contributed by atoms with Gasteiger partial charge in [-0.05, 0) is 68.5 Å². The van der Waals surface area contributed by atoms with Crippen molar-refractivity contribution in [2.24, 2.45) is 0 Å². The number of fused-ring (bicyclic) bond motifs is 3. The topological polar surface area (TPSA) is 101 Å². The van der Waals surface area contributed by atoms with Crippen LogP contribution in [0.25, 0.3) is 16.6 Å². The summed E-state index contributed by atoms with van der Waals surface area (Å²) in [4.78, 5) is 23.0. The van der Waals surface area contributed by atoms with Gasteiger partial charge in [-0.1, -0.05) is 49.9 Å². The molecule has 8 nitrogen and oxygen atoms in total. The Bertz CT molecular complexity index is 1540. The van der Waals surface area contributed by atoms with Gasteiger partial charge >= 0.3 is 0 Å². The molecule has 0 fully saturated rings. The van der Waals surface area contributed by atoms with Gasteiger partial charge in [0, 0.05) is 23.2 Å². The molecule has 37 heavy (non-hydrogen) atoms. The summed E-state index contributed by atoms with van der Waals surface area (Å²) in [5.74, 6) is 0.694. The summed E-state index contributed by atoms with van der Waals surface area (Å²) in [7, 11) is 0. The Hall–Kier alpha value is -3.72. The number of thioether (sulfide) groups is 1. The van der Waals surface area contributed by atoms with E-state index in [-0.39, 0.29) is 11.2 Å². The van der Waals surface area contributed by atoms with E-state index in [0.717, 1.165) is 52.3 Å². The summed E-state index contributed by atoms with van der Waals surface area (Å²) in [6.07, 6.45) is 3.11. The van der Waals surface area contributed by atoms with Gasteiger partial charge in [0.05, 0.1) is 16.5 Å². The van der Waals surface area contributed by atoms with Crippen molar-refractivity contribution in [1.29, 1.82) is 0 Å². The number of H-pyrrole nitrogens is 1. The van der Waals surface area contributed by atoms with Crippen molar-refractivity contribution in [3.05, 3.63) is 76.9 Å². The summed E-state index contributed by atoms with van der Waals surface area (Å²) < 4.78 is 1.80. The molecule has 190 valence electrons. The van der Waals surface area contributed by atoms with Crippen molar-refractivity contribution >= 4 is 39.9 Å². The van der Waals surface area contributed by atoms with Gasteiger partial charge < -0.3 is 5.32 Å². The maximum absolute atomic E-state index is 13.2. The highest BCUT2D eigenvalue weighted by Crippen LogP contribution is 2.29. The summed E-state index contributed by atoms with van der Waals surface area (Å²) in [5, 5.41) is 16.5. The molecule has 5 rings (SSSR count). The number of rotatable bonds is 9. The summed E-state index contributed by atoms with van der Waals surface area (Å²) in [6, 6.07) is 15.9. The van der Waals surface area contributed by atoms with Crippen LogP contribution >= 0.6 is 11.8 Å². The lowest BCUT2D eigenvalue weighted by Crippen LogP contribution is -2.25. The zero-order valence-corrected chi connectivity index (χ0v) is 22.4. The van der Waals surface area contributed by atoms with Crippen molar-refractivity contribution < 1.29 is 4.79 Å². The molecule has 0 radical (unpaired) electrons. The van der Waals surface area contributed by atoms with Gasteiger partial charge in [-0.2, -0.15) is 9.61 Å². The van der Waals surface area contributed by atoms with Crippen molar-refractivity contribution in [3.8, 4) is 0 Å². The molecule has 9 heteroatoms. The van der Waals surface area contributed by atoms with Crippen LogP contribution in [0.4, 0.5) is 5.69 Å². The van der Waals surface area contributed by atoms with Crippen LogP contribution in [0, 0.1) is 13.8 Å². The van der Waals surface area contributed by atoms with Crippen molar-refractivity contribution in [3.63, 3.8) is 0 Å². The van der Waals surface area contributed by atoms with Crippen LogP contribution < -0.4 is 5.32 Å². The molecule has 0 aliphatic carbocycles. The van der Waals surface area contributed by atoms with Gasteiger partial charge in [0.2, 0.25) is 5.91 Å². The van der Waals surface area contributed by atoms with Gasteiger partial charge in [-0.15, -0.1) is 5.10 Å². The first kappa shape index (κ1) is 25.0. The third-order valence-electron chi connectivity index (χ3n) is 6.61. The number of anilines is 1. The molecule has 5 aromatic rings. The lowest BCUT2D eigenvalue weighted by molar-refractivity contribution is -0.115. The molecule has 0 aliphatic heterocycles. The minimum atomic E-state index is -0.327. The first-order valence-corrected chi connectivity index (χ1v) is 13.6. The molecule has 0 saturated heterocycles. The third-order valence-corrected chi connectivity index (χ3v) is 7.92. The van der Waals surface area contributed by atoms with Gasteiger partial charge in [0.15, 0.2) is 16.6 Å². The van der Waals surface area contributed by atoms with Gasteiger partial charge in [-0.3, -0.25) is 9.89 Å². The molecular formula is C28H31N7OS. The van der Waals surface area contributed by atoms with Crippen molar-refractivity contribution in [2.75, 3.05) is 5.32 Å². The number of amides is 1. The van der Waals surface area contributed by atoms with Gasteiger partial charge in [-0.25, -0.2) is 9.97 Å². The molecule has 0 spiro atoms. The number of para-hydroxylation sites is 1. The van der Waals surface area contributed by atoms with Gasteiger partial charge in [0.1, 0.15) is 0 Å².